The Balaban J connectivity index is 2.34. The van der Waals surface area contributed by atoms with E-state index in [1.165, 1.54) is 28.2 Å². The molecule has 1 aliphatic heterocycles. The van der Waals surface area contributed by atoms with Gasteiger partial charge in [0.1, 0.15) is 10.6 Å². The first kappa shape index (κ1) is 17.0. The maximum absolute atomic E-state index is 12.9. The number of rotatable bonds is 4. The first-order valence-corrected chi connectivity index (χ1v) is 8.71. The van der Waals surface area contributed by atoms with Crippen molar-refractivity contribution < 1.29 is 13.2 Å². The molecule has 1 saturated heterocycles. The maximum Gasteiger partial charge on any atom is 0.267 e. The summed E-state index contributed by atoms with van der Waals surface area (Å²) in [7, 11) is 3.52. The van der Waals surface area contributed by atoms with Gasteiger partial charge in [-0.25, -0.2) is 8.42 Å². The van der Waals surface area contributed by atoms with Gasteiger partial charge >= 0.3 is 0 Å². The Morgan fingerprint density at radius 1 is 1.41 bits per heavy atom. The second-order valence-corrected chi connectivity index (χ2v) is 7.82. The highest BCUT2D eigenvalue weighted by Crippen LogP contribution is 2.28. The number of aromatic nitrogens is 1. The molecule has 1 amide bonds. The summed E-state index contributed by atoms with van der Waals surface area (Å²) in [6, 6.07) is 1.55. The zero-order valence-corrected chi connectivity index (χ0v) is 14.5. The Kier molecular flexibility index (Phi) is 4.65. The molecule has 2 unspecified atom stereocenters. The van der Waals surface area contributed by atoms with Gasteiger partial charge in [-0.2, -0.15) is 4.31 Å². The number of hydrogen-bond donors (Lipinski definition) is 1. The zero-order chi connectivity index (χ0) is 16.7. The number of sulfonamides is 1. The first-order valence-electron chi connectivity index (χ1n) is 7.27. The van der Waals surface area contributed by atoms with Crippen molar-refractivity contribution in [2.45, 2.75) is 30.3 Å². The van der Waals surface area contributed by atoms with Crippen molar-refractivity contribution >= 4 is 15.9 Å². The van der Waals surface area contributed by atoms with Crippen LogP contribution in [0.1, 0.15) is 23.8 Å². The van der Waals surface area contributed by atoms with Crippen molar-refractivity contribution in [3.8, 4) is 0 Å². The lowest BCUT2D eigenvalue weighted by atomic mass is 10.1. The van der Waals surface area contributed by atoms with Crippen LogP contribution in [0, 0.1) is 0 Å². The Labute approximate surface area is 131 Å². The molecule has 22 heavy (non-hydrogen) atoms. The van der Waals surface area contributed by atoms with Gasteiger partial charge in [0.2, 0.25) is 10.0 Å². The topological polar surface area (TPSA) is 74.7 Å². The number of amides is 1. The number of nitrogens with zero attached hydrogens (tertiary/aromatic N) is 3. The van der Waals surface area contributed by atoms with E-state index < -0.39 is 10.0 Å². The average Bonchev–Trinajstić information content (AvgIpc) is 3.01. The zero-order valence-electron chi connectivity index (χ0n) is 13.7. The second-order valence-electron chi connectivity index (χ2n) is 5.93. The number of likely N-dealkylation sites (N-methyl/N-ethyl adjacent to an activating group) is 1. The summed E-state index contributed by atoms with van der Waals surface area (Å²) in [4.78, 5) is 14.0. The van der Waals surface area contributed by atoms with Gasteiger partial charge in [0, 0.05) is 38.9 Å². The lowest BCUT2D eigenvalue weighted by Gasteiger charge is -2.27. The third-order valence-electron chi connectivity index (χ3n) is 4.37. The number of aryl methyl sites for hydroxylation is 1. The minimum Gasteiger partial charge on any atom is -0.354 e. The van der Waals surface area contributed by atoms with Crippen LogP contribution in [0.3, 0.4) is 0 Å². The molecule has 1 aliphatic rings. The lowest BCUT2D eigenvalue weighted by molar-refractivity contribution is 0.0955. The molecule has 1 N–H and O–H groups in total. The predicted octanol–water partition coefficient (Wildman–Crippen LogP) is 0.0978. The monoisotopic (exact) mass is 328 g/mol. The minimum atomic E-state index is -3.59. The molecule has 0 bridgehead atoms. The highest BCUT2D eigenvalue weighted by atomic mass is 32.2. The predicted molar refractivity (Wildman–Crippen MR) is 84.2 cm³/mol. The molecule has 2 heterocycles. The van der Waals surface area contributed by atoms with Crippen LogP contribution in [0.5, 0.6) is 0 Å². The molecule has 1 aromatic heterocycles. The third-order valence-corrected chi connectivity index (χ3v) is 6.32. The summed E-state index contributed by atoms with van der Waals surface area (Å²) >= 11 is 0. The molecular weight excluding hydrogens is 304 g/mol. The van der Waals surface area contributed by atoms with Crippen LogP contribution in [0.2, 0.25) is 0 Å². The largest absolute Gasteiger partial charge is 0.354 e. The van der Waals surface area contributed by atoms with Gasteiger partial charge in [-0.1, -0.05) is 0 Å². The number of nitrogens with one attached hydrogen (secondary N) is 1. The summed E-state index contributed by atoms with van der Waals surface area (Å²) in [5.74, 6) is -0.301. The van der Waals surface area contributed by atoms with Crippen LogP contribution in [-0.4, -0.2) is 67.9 Å². The van der Waals surface area contributed by atoms with Crippen molar-refractivity contribution in [1.29, 1.82) is 0 Å². The third kappa shape index (κ3) is 2.78. The SMILES string of the molecule is CNC(=O)c1cc(S(=O)(=O)N2CCC(N(C)C)C2C)cn1C. The minimum absolute atomic E-state index is 0.0938. The molecule has 2 rings (SSSR count). The normalized spacial score (nSPS) is 23.2. The first-order chi connectivity index (χ1) is 10.2. The van der Waals surface area contributed by atoms with Crippen molar-refractivity contribution in [3.05, 3.63) is 18.0 Å². The Bertz CT molecular complexity index is 666. The van der Waals surface area contributed by atoms with E-state index in [-0.39, 0.29) is 22.9 Å². The smallest absolute Gasteiger partial charge is 0.267 e. The quantitative estimate of drug-likeness (QED) is 0.850. The molecule has 8 heteroatoms. The van der Waals surface area contributed by atoms with Crippen LogP contribution in [-0.2, 0) is 17.1 Å². The van der Waals surface area contributed by atoms with E-state index in [0.29, 0.717) is 12.2 Å². The van der Waals surface area contributed by atoms with E-state index in [1.807, 2.05) is 21.0 Å². The molecule has 2 atom stereocenters. The van der Waals surface area contributed by atoms with Gasteiger partial charge in [-0.15, -0.1) is 0 Å². The Morgan fingerprint density at radius 2 is 2.05 bits per heavy atom. The fourth-order valence-electron chi connectivity index (χ4n) is 3.09. The summed E-state index contributed by atoms with van der Waals surface area (Å²) in [6.45, 7) is 2.42. The highest BCUT2D eigenvalue weighted by molar-refractivity contribution is 7.89. The van der Waals surface area contributed by atoms with Crippen LogP contribution >= 0.6 is 0 Å². The van der Waals surface area contributed by atoms with Gasteiger partial charge in [0.25, 0.3) is 5.91 Å². The van der Waals surface area contributed by atoms with Gasteiger partial charge < -0.3 is 14.8 Å². The molecule has 1 aromatic rings. The summed E-state index contributed by atoms with van der Waals surface area (Å²) in [5, 5.41) is 2.51. The number of hydrogen-bond acceptors (Lipinski definition) is 4. The maximum atomic E-state index is 12.9. The van der Waals surface area contributed by atoms with Gasteiger partial charge in [0.15, 0.2) is 0 Å². The highest BCUT2D eigenvalue weighted by Gasteiger charge is 2.40. The van der Waals surface area contributed by atoms with Crippen molar-refractivity contribution in [2.75, 3.05) is 27.7 Å². The van der Waals surface area contributed by atoms with Crippen molar-refractivity contribution in [2.24, 2.45) is 7.05 Å². The summed E-state index contributed by atoms with van der Waals surface area (Å²) < 4.78 is 28.8. The van der Waals surface area contributed by atoms with Crippen LogP contribution in [0.15, 0.2) is 17.2 Å². The Morgan fingerprint density at radius 3 is 2.55 bits per heavy atom. The van der Waals surface area contributed by atoms with E-state index in [9.17, 15) is 13.2 Å². The number of carbonyl (C=O) groups excluding carboxylic acids is 1. The standard InChI is InChI=1S/C14H24N4O3S/c1-10-12(16(3)4)6-7-18(10)22(20,21)11-8-13(14(19)15-2)17(5)9-11/h8-10,12H,6-7H2,1-5H3,(H,15,19). The van der Waals surface area contributed by atoms with Gasteiger partial charge in [0.05, 0.1) is 0 Å². The Hall–Kier alpha value is -1.38. The molecule has 0 saturated carbocycles. The summed E-state index contributed by atoms with van der Waals surface area (Å²) in [6.07, 6.45) is 2.30. The van der Waals surface area contributed by atoms with E-state index in [1.54, 1.807) is 7.05 Å². The fourth-order valence-corrected chi connectivity index (χ4v) is 4.84. The van der Waals surface area contributed by atoms with E-state index >= 15 is 0 Å². The lowest BCUT2D eigenvalue weighted by Crippen LogP contribution is -2.42. The van der Waals surface area contributed by atoms with Crippen LogP contribution in [0.4, 0.5) is 0 Å². The van der Waals surface area contributed by atoms with Gasteiger partial charge in [-0.05, 0) is 33.5 Å². The van der Waals surface area contributed by atoms with Crippen LogP contribution < -0.4 is 5.32 Å². The molecule has 1 fully saturated rings. The second kappa shape index (κ2) is 6.02. The molecule has 7 nitrogen and oxygen atoms in total. The van der Waals surface area contributed by atoms with Crippen molar-refractivity contribution in [1.82, 2.24) is 19.1 Å². The van der Waals surface area contributed by atoms with E-state index in [0.717, 1.165) is 6.42 Å². The molecule has 0 aromatic carbocycles. The fraction of sp³-hybridized carbons (Fsp3) is 0.643. The molecule has 0 spiro atoms. The van der Waals surface area contributed by atoms with E-state index in [2.05, 4.69) is 10.2 Å². The molecule has 124 valence electrons. The van der Waals surface area contributed by atoms with E-state index in [4.69, 9.17) is 0 Å². The van der Waals surface area contributed by atoms with Crippen molar-refractivity contribution in [3.63, 3.8) is 0 Å². The average molecular weight is 328 g/mol. The van der Waals surface area contributed by atoms with Crippen LogP contribution in [0.25, 0.3) is 0 Å². The number of carbonyl (C=O) groups is 1. The van der Waals surface area contributed by atoms with Gasteiger partial charge in [-0.3, -0.25) is 4.79 Å². The molecule has 0 aliphatic carbocycles. The molecular formula is C14H24N4O3S. The molecule has 0 radical (unpaired) electrons. The summed E-state index contributed by atoms with van der Waals surface area (Å²) in [5.41, 5.74) is 0.331.